The maximum Gasteiger partial charge on any atom is 0.268 e. The van der Waals surface area contributed by atoms with Gasteiger partial charge in [-0.1, -0.05) is 35.9 Å². The molecule has 8 nitrogen and oxygen atoms in total. The molecule has 0 bridgehead atoms. The van der Waals surface area contributed by atoms with Crippen molar-refractivity contribution in [2.45, 2.75) is 19.6 Å². The number of ether oxygens (including phenoxy) is 1. The van der Waals surface area contributed by atoms with Crippen molar-refractivity contribution in [2.24, 2.45) is 0 Å². The van der Waals surface area contributed by atoms with Gasteiger partial charge in [0.1, 0.15) is 12.3 Å². The molecule has 5 rings (SSSR count). The van der Waals surface area contributed by atoms with Crippen LogP contribution in [-0.2, 0) is 16.1 Å². The minimum Gasteiger partial charge on any atom is -0.479 e. The first-order valence-corrected chi connectivity index (χ1v) is 11.3. The Balaban J connectivity index is 1.35. The second kappa shape index (κ2) is 8.88. The fraction of sp³-hybridized carbons (Fsp3) is 0.154. The number of carbonyl (C=O) groups excluding carboxylic acids is 4. The summed E-state index contributed by atoms with van der Waals surface area (Å²) in [6, 6.07) is 18.6. The summed E-state index contributed by atoms with van der Waals surface area (Å²) in [7, 11) is 0. The number of amides is 4. The van der Waals surface area contributed by atoms with Crippen molar-refractivity contribution in [1.29, 1.82) is 0 Å². The third kappa shape index (κ3) is 4.24. The van der Waals surface area contributed by atoms with Gasteiger partial charge in [-0.25, -0.2) is 0 Å². The van der Waals surface area contributed by atoms with Crippen LogP contribution in [0.5, 0.6) is 5.75 Å². The number of nitrogens with one attached hydrogen (secondary N) is 1. The predicted octanol–water partition coefficient (Wildman–Crippen LogP) is 3.89. The smallest absolute Gasteiger partial charge is 0.268 e. The Hall–Kier alpha value is -4.17. The number of hydrogen-bond acceptors (Lipinski definition) is 5. The van der Waals surface area contributed by atoms with E-state index in [0.717, 1.165) is 10.5 Å². The summed E-state index contributed by atoms with van der Waals surface area (Å²) in [6.07, 6.45) is -0.663. The number of hydrogen-bond donors (Lipinski definition) is 1. The average molecular weight is 490 g/mol. The van der Waals surface area contributed by atoms with Crippen LogP contribution in [0.2, 0.25) is 5.02 Å². The number of imide groups is 1. The maximum atomic E-state index is 12.9. The standard InChI is InChI=1S/C26H20ClN3O5/c1-15-24(32)29(13-16-6-8-17(27)9-7-16)21-12-18(10-11-22(21)35-15)28-23(31)14-30-25(33)19-4-2-3-5-20(19)26(30)34/h2-12,15H,13-14H2,1H3,(H,28,31). The highest BCUT2D eigenvalue weighted by molar-refractivity contribution is 6.30. The van der Waals surface area contributed by atoms with E-state index in [0.29, 0.717) is 28.7 Å². The lowest BCUT2D eigenvalue weighted by atomic mass is 10.1. The normalized spacial score (nSPS) is 16.6. The van der Waals surface area contributed by atoms with Gasteiger partial charge in [-0.05, 0) is 55.0 Å². The Morgan fingerprint density at radius 1 is 0.943 bits per heavy atom. The van der Waals surface area contributed by atoms with E-state index in [1.807, 2.05) is 12.1 Å². The monoisotopic (exact) mass is 489 g/mol. The van der Waals surface area contributed by atoms with Crippen LogP contribution in [0.1, 0.15) is 33.2 Å². The van der Waals surface area contributed by atoms with E-state index in [9.17, 15) is 19.2 Å². The molecule has 35 heavy (non-hydrogen) atoms. The molecule has 0 saturated heterocycles. The number of anilines is 2. The Labute approximate surface area is 206 Å². The number of benzene rings is 3. The van der Waals surface area contributed by atoms with Crippen LogP contribution in [-0.4, -0.2) is 41.2 Å². The van der Waals surface area contributed by atoms with E-state index in [4.69, 9.17) is 16.3 Å². The molecule has 0 radical (unpaired) electrons. The van der Waals surface area contributed by atoms with E-state index in [2.05, 4.69) is 5.32 Å². The highest BCUT2D eigenvalue weighted by Gasteiger charge is 2.36. The molecule has 3 aromatic rings. The van der Waals surface area contributed by atoms with Gasteiger partial charge in [0.15, 0.2) is 6.10 Å². The molecule has 176 valence electrons. The second-order valence-electron chi connectivity index (χ2n) is 8.28. The van der Waals surface area contributed by atoms with Gasteiger partial charge in [0.05, 0.1) is 23.4 Å². The molecule has 0 aromatic heterocycles. The van der Waals surface area contributed by atoms with Gasteiger partial charge in [0.25, 0.3) is 17.7 Å². The molecule has 0 spiro atoms. The summed E-state index contributed by atoms with van der Waals surface area (Å²) in [5, 5.41) is 3.30. The molecule has 9 heteroatoms. The van der Waals surface area contributed by atoms with Gasteiger partial charge >= 0.3 is 0 Å². The van der Waals surface area contributed by atoms with Crippen molar-refractivity contribution in [3.05, 3.63) is 88.4 Å². The molecule has 2 heterocycles. The lowest BCUT2D eigenvalue weighted by molar-refractivity contribution is -0.125. The first kappa shape index (κ1) is 22.6. The van der Waals surface area contributed by atoms with Gasteiger partial charge < -0.3 is 15.0 Å². The SMILES string of the molecule is CC1Oc2ccc(NC(=O)CN3C(=O)c4ccccc4C3=O)cc2N(Cc2ccc(Cl)cc2)C1=O. The van der Waals surface area contributed by atoms with Crippen LogP contribution in [0, 0.1) is 0 Å². The second-order valence-corrected chi connectivity index (χ2v) is 8.72. The molecular weight excluding hydrogens is 470 g/mol. The predicted molar refractivity (Wildman–Crippen MR) is 130 cm³/mol. The van der Waals surface area contributed by atoms with Crippen LogP contribution in [0.4, 0.5) is 11.4 Å². The quantitative estimate of drug-likeness (QED) is 0.548. The lowest BCUT2D eigenvalue weighted by Crippen LogP contribution is -2.44. The molecule has 2 aliphatic heterocycles. The molecule has 0 aliphatic carbocycles. The van der Waals surface area contributed by atoms with Crippen molar-refractivity contribution in [3.63, 3.8) is 0 Å². The molecule has 3 aromatic carbocycles. The van der Waals surface area contributed by atoms with Crippen LogP contribution in [0.15, 0.2) is 66.7 Å². The van der Waals surface area contributed by atoms with E-state index in [1.54, 1.807) is 66.4 Å². The Bertz CT molecular complexity index is 1340. The number of rotatable bonds is 5. The number of carbonyl (C=O) groups is 4. The number of fused-ring (bicyclic) bond motifs is 2. The van der Waals surface area contributed by atoms with Crippen molar-refractivity contribution in [3.8, 4) is 5.75 Å². The van der Waals surface area contributed by atoms with Gasteiger partial charge in [0.2, 0.25) is 5.91 Å². The van der Waals surface area contributed by atoms with E-state index < -0.39 is 30.4 Å². The largest absolute Gasteiger partial charge is 0.479 e. The summed E-state index contributed by atoms with van der Waals surface area (Å²) in [5.41, 5.74) is 2.34. The fourth-order valence-corrected chi connectivity index (χ4v) is 4.27. The summed E-state index contributed by atoms with van der Waals surface area (Å²) in [4.78, 5) is 53.2. The zero-order valence-electron chi connectivity index (χ0n) is 18.7. The molecule has 1 unspecified atom stereocenters. The first-order valence-electron chi connectivity index (χ1n) is 10.9. The van der Waals surface area contributed by atoms with Gasteiger partial charge in [-0.15, -0.1) is 0 Å². The van der Waals surface area contributed by atoms with Crippen LogP contribution in [0.25, 0.3) is 0 Å². The van der Waals surface area contributed by atoms with Crippen LogP contribution < -0.4 is 15.0 Å². The van der Waals surface area contributed by atoms with Crippen molar-refractivity contribution in [2.75, 3.05) is 16.8 Å². The van der Waals surface area contributed by atoms with Crippen molar-refractivity contribution < 1.29 is 23.9 Å². The Kier molecular flexibility index (Phi) is 5.74. The molecule has 2 aliphatic rings. The van der Waals surface area contributed by atoms with Crippen molar-refractivity contribution >= 4 is 46.6 Å². The highest BCUT2D eigenvalue weighted by atomic mass is 35.5. The minimum atomic E-state index is -0.663. The lowest BCUT2D eigenvalue weighted by Gasteiger charge is -2.33. The molecule has 0 fully saturated rings. The third-order valence-electron chi connectivity index (χ3n) is 5.88. The fourth-order valence-electron chi connectivity index (χ4n) is 4.15. The number of nitrogens with zero attached hydrogens (tertiary/aromatic N) is 2. The zero-order chi connectivity index (χ0) is 24.7. The van der Waals surface area contributed by atoms with Crippen LogP contribution in [0.3, 0.4) is 0 Å². The number of halogens is 1. The molecule has 4 amide bonds. The molecule has 1 atom stereocenters. The summed E-state index contributed by atoms with van der Waals surface area (Å²) in [5.74, 6) is -1.27. The molecule has 0 saturated carbocycles. The van der Waals surface area contributed by atoms with E-state index in [1.165, 1.54) is 0 Å². The minimum absolute atomic E-state index is 0.220. The Morgan fingerprint density at radius 3 is 2.26 bits per heavy atom. The first-order chi connectivity index (χ1) is 16.8. The summed E-state index contributed by atoms with van der Waals surface area (Å²) in [6.45, 7) is 1.55. The molecular formula is C26H20ClN3O5. The van der Waals surface area contributed by atoms with E-state index >= 15 is 0 Å². The van der Waals surface area contributed by atoms with Gasteiger partial charge in [0, 0.05) is 10.7 Å². The topological polar surface area (TPSA) is 96.0 Å². The maximum absolute atomic E-state index is 12.9. The average Bonchev–Trinajstić information content (AvgIpc) is 3.08. The van der Waals surface area contributed by atoms with E-state index in [-0.39, 0.29) is 17.0 Å². The van der Waals surface area contributed by atoms with Gasteiger partial charge in [-0.2, -0.15) is 0 Å². The third-order valence-corrected chi connectivity index (χ3v) is 6.14. The Morgan fingerprint density at radius 2 is 1.60 bits per heavy atom. The van der Waals surface area contributed by atoms with Crippen LogP contribution >= 0.6 is 11.6 Å². The molecule has 1 N–H and O–H groups in total. The summed E-state index contributed by atoms with van der Waals surface area (Å²) >= 11 is 5.98. The van der Waals surface area contributed by atoms with Crippen molar-refractivity contribution in [1.82, 2.24) is 4.90 Å². The highest BCUT2D eigenvalue weighted by Crippen LogP contribution is 2.37. The van der Waals surface area contributed by atoms with Gasteiger partial charge in [-0.3, -0.25) is 24.1 Å². The summed E-state index contributed by atoms with van der Waals surface area (Å²) < 4.78 is 5.74. The zero-order valence-corrected chi connectivity index (χ0v) is 19.4.